The van der Waals surface area contributed by atoms with E-state index in [1.807, 2.05) is 13.2 Å². The molecule has 0 saturated carbocycles. The van der Waals surface area contributed by atoms with Crippen LogP contribution >= 0.6 is 11.8 Å². The van der Waals surface area contributed by atoms with Crippen LogP contribution in [-0.2, 0) is 6.42 Å². The first-order chi connectivity index (χ1) is 10.7. The van der Waals surface area contributed by atoms with Crippen molar-refractivity contribution in [1.29, 1.82) is 0 Å². The zero-order valence-corrected chi connectivity index (χ0v) is 13.8. The molecule has 118 valence electrons. The number of fused-ring (bicyclic) bond motifs is 1. The van der Waals surface area contributed by atoms with Crippen molar-refractivity contribution in [1.82, 2.24) is 25.5 Å². The van der Waals surface area contributed by atoms with Gasteiger partial charge in [-0.15, -0.1) is 10.2 Å². The molecule has 1 atom stereocenters. The second-order valence-corrected chi connectivity index (χ2v) is 6.15. The van der Waals surface area contributed by atoms with E-state index < -0.39 is 0 Å². The Morgan fingerprint density at radius 2 is 2.23 bits per heavy atom. The maximum atomic E-state index is 13.0. The molecular formula is C14H20N6OS. The average molecular weight is 320 g/mol. The normalized spacial score (nSPS) is 18.9. The Balaban J connectivity index is 2.22. The number of anilines is 1. The molecule has 1 aliphatic rings. The van der Waals surface area contributed by atoms with Gasteiger partial charge in [0, 0.05) is 31.4 Å². The molecule has 0 aromatic carbocycles. The highest BCUT2D eigenvalue weighted by atomic mass is 32.2. The summed E-state index contributed by atoms with van der Waals surface area (Å²) in [6.07, 6.45) is 2.61. The number of hydrogen-bond donors (Lipinski definition) is 2. The van der Waals surface area contributed by atoms with Crippen molar-refractivity contribution < 1.29 is 0 Å². The maximum absolute atomic E-state index is 13.0. The summed E-state index contributed by atoms with van der Waals surface area (Å²) in [6, 6.07) is 0.271. The molecular weight excluding hydrogens is 300 g/mol. The molecule has 0 spiro atoms. The predicted octanol–water partition coefficient (Wildman–Crippen LogP) is 0.795. The minimum Gasteiger partial charge on any atom is -0.362 e. The second kappa shape index (κ2) is 6.21. The molecule has 8 heteroatoms. The summed E-state index contributed by atoms with van der Waals surface area (Å²) in [6.45, 7) is 6.73. The van der Waals surface area contributed by atoms with Crippen molar-refractivity contribution >= 4 is 28.6 Å². The Morgan fingerprint density at radius 1 is 1.41 bits per heavy atom. The Morgan fingerprint density at radius 3 is 2.91 bits per heavy atom. The Labute approximate surface area is 132 Å². The van der Waals surface area contributed by atoms with E-state index in [4.69, 9.17) is 0 Å². The zero-order valence-electron chi connectivity index (χ0n) is 13.0. The van der Waals surface area contributed by atoms with Crippen molar-refractivity contribution in [2.75, 3.05) is 30.8 Å². The van der Waals surface area contributed by atoms with Gasteiger partial charge in [-0.25, -0.2) is 4.98 Å². The second-order valence-electron chi connectivity index (χ2n) is 5.38. The molecule has 0 bridgehead atoms. The number of aryl methyl sites for hydroxylation is 1. The number of pyridine rings is 1. The third-order valence-electron chi connectivity index (χ3n) is 3.98. The lowest BCUT2D eigenvalue weighted by Gasteiger charge is -2.36. The van der Waals surface area contributed by atoms with Crippen LogP contribution in [0.5, 0.6) is 0 Å². The molecule has 0 aliphatic carbocycles. The van der Waals surface area contributed by atoms with Gasteiger partial charge < -0.3 is 15.2 Å². The number of aromatic amines is 1. The Hall–Kier alpha value is -1.67. The molecule has 2 aromatic heterocycles. The van der Waals surface area contributed by atoms with Gasteiger partial charge >= 0.3 is 0 Å². The van der Waals surface area contributed by atoms with Crippen LogP contribution in [0.2, 0.25) is 0 Å². The van der Waals surface area contributed by atoms with Gasteiger partial charge in [0.15, 0.2) is 11.2 Å². The number of H-pyrrole nitrogens is 1. The number of nitrogens with zero attached hydrogens (tertiary/aromatic N) is 4. The van der Waals surface area contributed by atoms with Gasteiger partial charge in [-0.2, -0.15) is 0 Å². The van der Waals surface area contributed by atoms with Gasteiger partial charge in [0.05, 0.1) is 0 Å². The fourth-order valence-corrected chi connectivity index (χ4v) is 3.13. The largest absolute Gasteiger partial charge is 0.362 e. The highest BCUT2D eigenvalue weighted by Gasteiger charge is 2.25. The molecule has 1 fully saturated rings. The summed E-state index contributed by atoms with van der Waals surface area (Å²) < 4.78 is 0. The third-order valence-corrected chi connectivity index (χ3v) is 4.52. The van der Waals surface area contributed by atoms with Crippen molar-refractivity contribution in [2.45, 2.75) is 31.5 Å². The van der Waals surface area contributed by atoms with E-state index in [1.165, 1.54) is 11.8 Å². The van der Waals surface area contributed by atoms with E-state index >= 15 is 0 Å². The first-order valence-electron chi connectivity index (χ1n) is 7.46. The summed E-state index contributed by atoms with van der Waals surface area (Å²) in [5.41, 5.74) is 2.42. The van der Waals surface area contributed by atoms with Crippen LogP contribution in [-0.4, -0.2) is 52.1 Å². The smallest absolute Gasteiger partial charge is 0.233 e. The molecule has 1 aliphatic heterocycles. The Kier molecular flexibility index (Phi) is 4.30. The SMILES string of the molecule is CCc1[nH]c2nnc(SC)nc2c(=O)c1N1CCNC[C@@H]1C. The lowest BCUT2D eigenvalue weighted by Crippen LogP contribution is -2.51. The molecule has 0 amide bonds. The van der Waals surface area contributed by atoms with Crippen LogP contribution in [0.1, 0.15) is 19.5 Å². The monoisotopic (exact) mass is 320 g/mol. The van der Waals surface area contributed by atoms with Crippen molar-refractivity contribution in [3.05, 3.63) is 15.9 Å². The number of nitrogens with one attached hydrogen (secondary N) is 2. The molecule has 1 saturated heterocycles. The van der Waals surface area contributed by atoms with Crippen molar-refractivity contribution in [3.63, 3.8) is 0 Å². The molecule has 2 aromatic rings. The first-order valence-corrected chi connectivity index (χ1v) is 8.69. The standard InChI is InChI=1S/C14H20N6OS/c1-4-9-11(20-6-5-15-7-8(20)2)12(21)10-13(16-9)18-19-14(17-10)22-3/h8,15H,4-7H2,1-3H3,(H,16,18,21)/t8-/m0/s1. The average Bonchev–Trinajstić information content (AvgIpc) is 2.55. The summed E-state index contributed by atoms with van der Waals surface area (Å²) >= 11 is 1.38. The lowest BCUT2D eigenvalue weighted by atomic mass is 10.1. The number of piperazine rings is 1. The molecule has 7 nitrogen and oxygen atoms in total. The highest BCUT2D eigenvalue weighted by Crippen LogP contribution is 2.21. The van der Waals surface area contributed by atoms with Gasteiger partial charge in [-0.1, -0.05) is 18.7 Å². The fraction of sp³-hybridized carbons (Fsp3) is 0.571. The van der Waals surface area contributed by atoms with Crippen LogP contribution in [0.15, 0.2) is 9.95 Å². The van der Waals surface area contributed by atoms with E-state index in [2.05, 4.69) is 37.3 Å². The van der Waals surface area contributed by atoms with Gasteiger partial charge in [0.1, 0.15) is 5.69 Å². The lowest BCUT2D eigenvalue weighted by molar-refractivity contribution is 0.498. The molecule has 0 unspecified atom stereocenters. The number of hydrogen-bond acceptors (Lipinski definition) is 7. The van der Waals surface area contributed by atoms with E-state index in [0.717, 1.165) is 37.4 Å². The topological polar surface area (TPSA) is 86.8 Å². The maximum Gasteiger partial charge on any atom is 0.233 e. The van der Waals surface area contributed by atoms with Gasteiger partial charge in [-0.3, -0.25) is 4.79 Å². The molecule has 2 N–H and O–H groups in total. The summed E-state index contributed by atoms with van der Waals surface area (Å²) in [5.74, 6) is 0. The van der Waals surface area contributed by atoms with E-state index in [1.54, 1.807) is 0 Å². The van der Waals surface area contributed by atoms with Crippen LogP contribution in [0.3, 0.4) is 0 Å². The van der Waals surface area contributed by atoms with E-state index in [9.17, 15) is 4.79 Å². The van der Waals surface area contributed by atoms with Crippen LogP contribution < -0.4 is 15.6 Å². The Bertz CT molecular complexity index is 746. The van der Waals surface area contributed by atoms with Crippen LogP contribution in [0, 0.1) is 0 Å². The fourth-order valence-electron chi connectivity index (χ4n) is 2.82. The molecule has 22 heavy (non-hydrogen) atoms. The van der Waals surface area contributed by atoms with Crippen molar-refractivity contribution in [3.8, 4) is 0 Å². The van der Waals surface area contributed by atoms with Crippen molar-refractivity contribution in [2.24, 2.45) is 0 Å². The summed E-state index contributed by atoms with van der Waals surface area (Å²) in [7, 11) is 0. The number of thioether (sulfide) groups is 1. The first kappa shape index (κ1) is 15.2. The molecule has 0 radical (unpaired) electrons. The zero-order chi connectivity index (χ0) is 15.7. The quantitative estimate of drug-likeness (QED) is 0.809. The number of rotatable bonds is 3. The highest BCUT2D eigenvalue weighted by molar-refractivity contribution is 7.98. The number of aromatic nitrogens is 4. The third kappa shape index (κ3) is 2.56. The minimum absolute atomic E-state index is 0.0513. The van der Waals surface area contributed by atoms with Crippen LogP contribution in [0.25, 0.3) is 11.2 Å². The van der Waals surface area contributed by atoms with Crippen LogP contribution in [0.4, 0.5) is 5.69 Å². The summed E-state index contributed by atoms with van der Waals surface area (Å²) in [5, 5.41) is 12.0. The summed E-state index contributed by atoms with van der Waals surface area (Å²) in [4.78, 5) is 22.8. The molecule has 3 rings (SSSR count). The predicted molar refractivity (Wildman–Crippen MR) is 88.8 cm³/mol. The minimum atomic E-state index is -0.0513. The van der Waals surface area contributed by atoms with E-state index in [0.29, 0.717) is 16.3 Å². The van der Waals surface area contributed by atoms with E-state index in [-0.39, 0.29) is 11.5 Å². The molecule has 3 heterocycles. The van der Waals surface area contributed by atoms with Gasteiger partial charge in [0.2, 0.25) is 10.6 Å². The van der Waals surface area contributed by atoms with Gasteiger partial charge in [-0.05, 0) is 19.6 Å². The van der Waals surface area contributed by atoms with Gasteiger partial charge in [0.25, 0.3) is 0 Å².